The number of benzene rings is 2. The lowest BCUT2D eigenvalue weighted by Crippen LogP contribution is -2.13. The summed E-state index contributed by atoms with van der Waals surface area (Å²) in [4.78, 5) is 12.2. The summed E-state index contributed by atoms with van der Waals surface area (Å²) in [5.41, 5.74) is 1.84. The number of nitriles is 2. The van der Waals surface area contributed by atoms with Crippen molar-refractivity contribution in [3.63, 3.8) is 0 Å². The summed E-state index contributed by atoms with van der Waals surface area (Å²) in [6.45, 7) is 2.03. The summed E-state index contributed by atoms with van der Waals surface area (Å²) in [5.74, 6) is -1.21. The summed E-state index contributed by atoms with van der Waals surface area (Å²) in [6.07, 6.45) is 2.21. The fourth-order valence-corrected chi connectivity index (χ4v) is 2.06. The van der Waals surface area contributed by atoms with Crippen molar-refractivity contribution in [3.05, 3.63) is 70.5 Å². The molecule has 0 spiro atoms. The van der Waals surface area contributed by atoms with Gasteiger partial charge in [-0.2, -0.15) is 10.5 Å². The highest BCUT2D eigenvalue weighted by atomic mass is 19.1. The molecule has 5 heteroatoms. The molecule has 4 nitrogen and oxygen atoms in total. The van der Waals surface area contributed by atoms with Gasteiger partial charge in [0.2, 0.25) is 0 Å². The monoisotopic (exact) mass is 319 g/mol. The molecule has 0 bridgehead atoms. The predicted octanol–water partition coefficient (Wildman–Crippen LogP) is 3.81. The van der Waals surface area contributed by atoms with Gasteiger partial charge in [0, 0.05) is 5.69 Å². The van der Waals surface area contributed by atoms with Crippen LogP contribution in [-0.2, 0) is 11.2 Å². The molecule has 118 valence electrons. The molecule has 2 aromatic carbocycles. The number of carbonyl (C=O) groups excluding carboxylic acids is 1. The minimum absolute atomic E-state index is 0.134. The van der Waals surface area contributed by atoms with Crippen LogP contribution in [-0.4, -0.2) is 5.91 Å². The van der Waals surface area contributed by atoms with Crippen LogP contribution in [0.3, 0.4) is 0 Å². The van der Waals surface area contributed by atoms with Crippen LogP contribution in [0.4, 0.5) is 10.1 Å². The maximum atomic E-state index is 13.3. The highest BCUT2D eigenvalue weighted by molar-refractivity contribution is 6.09. The standard InChI is InChI=1S/C19H14FN3O/c1-2-13-3-6-17(7-4-13)23-19(24)16(12-22)10-14-5-8-18(20)15(9-14)11-21/h3-10H,2H2,1H3,(H,23,24). The first kappa shape index (κ1) is 16.9. The Balaban J connectivity index is 2.22. The minimum Gasteiger partial charge on any atom is -0.321 e. The van der Waals surface area contributed by atoms with Gasteiger partial charge in [-0.1, -0.05) is 25.1 Å². The SMILES string of the molecule is CCc1ccc(NC(=O)C(C#N)=Cc2ccc(F)c(C#N)c2)cc1. The van der Waals surface area contributed by atoms with Crippen LogP contribution in [0.25, 0.3) is 6.08 Å². The molecule has 0 aliphatic rings. The first-order chi connectivity index (χ1) is 11.6. The zero-order valence-corrected chi connectivity index (χ0v) is 13.0. The number of anilines is 1. The van der Waals surface area contributed by atoms with Crippen molar-refractivity contribution >= 4 is 17.7 Å². The lowest BCUT2D eigenvalue weighted by Gasteiger charge is -2.05. The van der Waals surface area contributed by atoms with Crippen LogP contribution in [0.2, 0.25) is 0 Å². The van der Waals surface area contributed by atoms with Crippen molar-refractivity contribution < 1.29 is 9.18 Å². The Kier molecular flexibility index (Phi) is 5.44. The molecule has 0 aliphatic carbocycles. The number of hydrogen-bond acceptors (Lipinski definition) is 3. The molecule has 0 radical (unpaired) electrons. The third-order valence-electron chi connectivity index (χ3n) is 3.41. The van der Waals surface area contributed by atoms with E-state index in [1.807, 2.05) is 25.1 Å². The van der Waals surface area contributed by atoms with E-state index in [4.69, 9.17) is 5.26 Å². The Labute approximate surface area is 139 Å². The van der Waals surface area contributed by atoms with Gasteiger partial charge in [-0.05, 0) is 47.9 Å². The molecule has 0 aliphatic heterocycles. The van der Waals surface area contributed by atoms with E-state index in [0.717, 1.165) is 18.1 Å². The normalized spacial score (nSPS) is 10.6. The van der Waals surface area contributed by atoms with Crippen LogP contribution in [0.5, 0.6) is 0 Å². The molecule has 2 aromatic rings. The van der Waals surface area contributed by atoms with E-state index in [-0.39, 0.29) is 11.1 Å². The molecule has 0 aromatic heterocycles. The van der Waals surface area contributed by atoms with E-state index >= 15 is 0 Å². The third kappa shape index (κ3) is 4.06. The largest absolute Gasteiger partial charge is 0.321 e. The van der Waals surface area contributed by atoms with Crippen LogP contribution >= 0.6 is 0 Å². The van der Waals surface area contributed by atoms with Gasteiger partial charge in [-0.3, -0.25) is 4.79 Å². The Morgan fingerprint density at radius 1 is 1.21 bits per heavy atom. The number of nitrogens with one attached hydrogen (secondary N) is 1. The molecule has 0 saturated heterocycles. The Morgan fingerprint density at radius 2 is 1.92 bits per heavy atom. The molecule has 0 saturated carbocycles. The average molecular weight is 319 g/mol. The van der Waals surface area contributed by atoms with Crippen LogP contribution in [0.1, 0.15) is 23.6 Å². The van der Waals surface area contributed by atoms with Crippen molar-refractivity contribution in [1.29, 1.82) is 10.5 Å². The number of aryl methyl sites for hydroxylation is 1. The van der Waals surface area contributed by atoms with Gasteiger partial charge in [0.1, 0.15) is 23.5 Å². The molecule has 1 amide bonds. The van der Waals surface area contributed by atoms with Crippen molar-refractivity contribution in [2.75, 3.05) is 5.32 Å². The predicted molar refractivity (Wildman–Crippen MR) is 89.2 cm³/mol. The zero-order chi connectivity index (χ0) is 17.5. The topological polar surface area (TPSA) is 76.7 Å². The lowest BCUT2D eigenvalue weighted by atomic mass is 10.1. The summed E-state index contributed by atoms with van der Waals surface area (Å²) >= 11 is 0. The average Bonchev–Trinajstić information content (AvgIpc) is 2.61. The summed E-state index contributed by atoms with van der Waals surface area (Å²) in [7, 11) is 0. The van der Waals surface area contributed by atoms with Gasteiger partial charge in [-0.25, -0.2) is 4.39 Å². The Morgan fingerprint density at radius 3 is 2.50 bits per heavy atom. The van der Waals surface area contributed by atoms with Crippen molar-refractivity contribution in [2.24, 2.45) is 0 Å². The van der Waals surface area contributed by atoms with Crippen molar-refractivity contribution in [3.8, 4) is 12.1 Å². The lowest BCUT2D eigenvalue weighted by molar-refractivity contribution is -0.112. The number of amides is 1. The highest BCUT2D eigenvalue weighted by Crippen LogP contribution is 2.15. The van der Waals surface area contributed by atoms with Crippen molar-refractivity contribution in [1.82, 2.24) is 0 Å². The quantitative estimate of drug-likeness (QED) is 0.687. The van der Waals surface area contributed by atoms with E-state index in [1.54, 1.807) is 18.2 Å². The van der Waals surface area contributed by atoms with Crippen LogP contribution < -0.4 is 5.32 Å². The molecular formula is C19H14FN3O. The molecular weight excluding hydrogens is 305 g/mol. The summed E-state index contributed by atoms with van der Waals surface area (Å²) < 4.78 is 13.3. The highest BCUT2D eigenvalue weighted by Gasteiger charge is 2.10. The molecule has 1 N–H and O–H groups in total. The molecule has 0 unspecified atom stereocenters. The van der Waals surface area contributed by atoms with Crippen LogP contribution in [0.15, 0.2) is 48.0 Å². The first-order valence-electron chi connectivity index (χ1n) is 7.29. The second-order valence-electron chi connectivity index (χ2n) is 5.03. The Bertz CT molecular complexity index is 871. The second kappa shape index (κ2) is 7.71. The minimum atomic E-state index is -0.645. The van der Waals surface area contributed by atoms with Gasteiger partial charge in [0.05, 0.1) is 5.56 Å². The number of nitrogens with zero attached hydrogens (tertiary/aromatic N) is 2. The molecule has 0 atom stereocenters. The molecule has 0 fully saturated rings. The smallest absolute Gasteiger partial charge is 0.266 e. The zero-order valence-electron chi connectivity index (χ0n) is 13.0. The second-order valence-corrected chi connectivity index (χ2v) is 5.03. The Hall–Kier alpha value is -3.44. The van der Waals surface area contributed by atoms with E-state index in [9.17, 15) is 14.4 Å². The maximum Gasteiger partial charge on any atom is 0.266 e. The van der Waals surface area contributed by atoms with Gasteiger partial charge < -0.3 is 5.32 Å². The number of carbonyl (C=O) groups is 1. The van der Waals surface area contributed by atoms with Gasteiger partial charge in [-0.15, -0.1) is 0 Å². The fraction of sp³-hybridized carbons (Fsp3) is 0.105. The first-order valence-corrected chi connectivity index (χ1v) is 7.29. The van der Waals surface area contributed by atoms with E-state index in [2.05, 4.69) is 5.32 Å². The number of halogens is 1. The van der Waals surface area contributed by atoms with Crippen LogP contribution in [0, 0.1) is 28.5 Å². The van der Waals surface area contributed by atoms with Gasteiger partial charge in [0.15, 0.2) is 0 Å². The molecule has 24 heavy (non-hydrogen) atoms. The van der Waals surface area contributed by atoms with E-state index in [1.165, 1.54) is 18.2 Å². The third-order valence-corrected chi connectivity index (χ3v) is 3.41. The van der Waals surface area contributed by atoms with E-state index in [0.29, 0.717) is 11.3 Å². The number of hydrogen-bond donors (Lipinski definition) is 1. The molecule has 2 rings (SSSR count). The van der Waals surface area contributed by atoms with Crippen molar-refractivity contribution in [2.45, 2.75) is 13.3 Å². The summed E-state index contributed by atoms with van der Waals surface area (Å²) in [5, 5.41) is 20.6. The number of rotatable bonds is 4. The van der Waals surface area contributed by atoms with E-state index < -0.39 is 11.7 Å². The fourth-order valence-electron chi connectivity index (χ4n) is 2.06. The molecule has 0 heterocycles. The summed E-state index contributed by atoms with van der Waals surface area (Å²) in [6, 6.07) is 14.7. The van der Waals surface area contributed by atoms with Gasteiger partial charge in [0.25, 0.3) is 5.91 Å². The maximum absolute atomic E-state index is 13.3. The van der Waals surface area contributed by atoms with Gasteiger partial charge >= 0.3 is 0 Å².